The van der Waals surface area contributed by atoms with Crippen LogP contribution in [0.4, 0.5) is 5.82 Å². The minimum atomic E-state index is -0.797. The molecule has 0 unspecified atom stereocenters. The predicted octanol–water partition coefficient (Wildman–Crippen LogP) is -0.843. The summed E-state index contributed by atoms with van der Waals surface area (Å²) in [6.45, 7) is -0.351. The van der Waals surface area contributed by atoms with E-state index in [0.29, 0.717) is 0 Å². The monoisotopic (exact) mass is 225 g/mol. The molecule has 7 nitrogen and oxygen atoms in total. The van der Waals surface area contributed by atoms with Gasteiger partial charge in [0.05, 0.1) is 6.61 Å². The number of rotatable bonds is 2. The maximum Gasteiger partial charge on any atom is 0.351 e. The number of ether oxygens (including phenoxy) is 1. The summed E-state index contributed by atoms with van der Waals surface area (Å²) < 4.78 is 6.39. The van der Waals surface area contributed by atoms with Crippen molar-refractivity contribution < 1.29 is 14.9 Å². The van der Waals surface area contributed by atoms with Crippen LogP contribution < -0.4 is 11.4 Å². The van der Waals surface area contributed by atoms with E-state index >= 15 is 0 Å². The van der Waals surface area contributed by atoms with Crippen LogP contribution in [0.3, 0.4) is 0 Å². The topological polar surface area (TPSA) is 111 Å². The highest BCUT2D eigenvalue weighted by atomic mass is 16.5. The quantitative estimate of drug-likeness (QED) is 0.605. The number of aromatic nitrogens is 2. The number of nitrogens with zero attached hydrogens (tertiary/aromatic N) is 2. The molecule has 1 aromatic heterocycles. The van der Waals surface area contributed by atoms with E-state index in [-0.39, 0.29) is 18.2 Å². The highest BCUT2D eigenvalue weighted by molar-refractivity contribution is 5.24. The van der Waals surface area contributed by atoms with E-state index < -0.39 is 18.0 Å². The van der Waals surface area contributed by atoms with E-state index in [0.717, 1.165) is 0 Å². The van der Waals surface area contributed by atoms with Crippen LogP contribution in [0.15, 0.2) is 28.9 Å². The Labute approximate surface area is 90.4 Å². The number of nitrogens with two attached hydrogens (primary N) is 1. The van der Waals surface area contributed by atoms with E-state index in [1.165, 1.54) is 22.9 Å². The summed E-state index contributed by atoms with van der Waals surface area (Å²) in [5, 5.41) is 18.2. The molecule has 0 bridgehead atoms. The van der Waals surface area contributed by atoms with Gasteiger partial charge >= 0.3 is 5.69 Å². The number of anilines is 1. The average Bonchev–Trinajstić information content (AvgIpc) is 2.59. The average molecular weight is 225 g/mol. The molecular weight excluding hydrogens is 214 g/mol. The Morgan fingerprint density at radius 2 is 2.38 bits per heavy atom. The van der Waals surface area contributed by atoms with E-state index in [1.807, 2.05) is 0 Å². The van der Waals surface area contributed by atoms with E-state index in [2.05, 4.69) is 4.98 Å². The van der Waals surface area contributed by atoms with Crippen molar-refractivity contribution in [2.75, 3.05) is 12.3 Å². The van der Waals surface area contributed by atoms with Crippen LogP contribution in [0.2, 0.25) is 0 Å². The molecule has 4 N–H and O–H groups in total. The molecule has 16 heavy (non-hydrogen) atoms. The molecule has 1 aliphatic rings. The van der Waals surface area contributed by atoms with Crippen molar-refractivity contribution in [1.82, 2.24) is 9.55 Å². The second-order valence-electron chi connectivity index (χ2n) is 3.33. The van der Waals surface area contributed by atoms with Crippen LogP contribution in [0, 0.1) is 0 Å². The summed E-state index contributed by atoms with van der Waals surface area (Å²) in [7, 11) is 0. The number of nitrogen functional groups attached to an aromatic ring is 1. The number of aliphatic hydroxyl groups is 2. The maximum absolute atomic E-state index is 11.4. The third-order valence-corrected chi connectivity index (χ3v) is 2.24. The number of hydrogen-bond acceptors (Lipinski definition) is 6. The highest BCUT2D eigenvalue weighted by Gasteiger charge is 2.27. The molecule has 1 aromatic rings. The SMILES string of the molecule is Nc1ccn([C@@H]2C=C(O)[C@H](CO)O2)c(=O)n1. The van der Waals surface area contributed by atoms with Crippen molar-refractivity contribution in [3.05, 3.63) is 34.6 Å². The lowest BCUT2D eigenvalue weighted by Gasteiger charge is -2.14. The van der Waals surface area contributed by atoms with Crippen LogP contribution in [0.5, 0.6) is 0 Å². The fraction of sp³-hybridized carbons (Fsp3) is 0.333. The molecule has 1 aliphatic heterocycles. The first-order valence-corrected chi connectivity index (χ1v) is 4.63. The van der Waals surface area contributed by atoms with Gasteiger partial charge in [-0.2, -0.15) is 4.98 Å². The first-order valence-electron chi connectivity index (χ1n) is 4.63. The Balaban J connectivity index is 2.31. The molecule has 0 amide bonds. The van der Waals surface area contributed by atoms with Crippen molar-refractivity contribution in [3.63, 3.8) is 0 Å². The van der Waals surface area contributed by atoms with Gasteiger partial charge in [-0.15, -0.1) is 0 Å². The molecule has 7 heteroatoms. The molecule has 2 atom stereocenters. The number of aliphatic hydroxyl groups excluding tert-OH is 2. The van der Waals surface area contributed by atoms with Crippen LogP contribution in [-0.2, 0) is 4.74 Å². The smallest absolute Gasteiger partial charge is 0.351 e. The second kappa shape index (κ2) is 3.95. The molecule has 2 heterocycles. The van der Waals surface area contributed by atoms with Gasteiger partial charge in [0.2, 0.25) is 0 Å². The van der Waals surface area contributed by atoms with Gasteiger partial charge in [-0.1, -0.05) is 0 Å². The highest BCUT2D eigenvalue weighted by Crippen LogP contribution is 2.23. The summed E-state index contributed by atoms with van der Waals surface area (Å²) in [5.74, 6) is 0.0161. The molecule has 0 spiro atoms. The minimum absolute atomic E-state index is 0.101. The van der Waals surface area contributed by atoms with Gasteiger partial charge < -0.3 is 20.7 Å². The fourth-order valence-corrected chi connectivity index (χ4v) is 1.43. The summed E-state index contributed by atoms with van der Waals surface area (Å²) in [4.78, 5) is 15.0. The second-order valence-corrected chi connectivity index (χ2v) is 3.33. The van der Waals surface area contributed by atoms with Crippen LogP contribution in [-0.4, -0.2) is 32.5 Å². The zero-order valence-corrected chi connectivity index (χ0v) is 8.28. The Kier molecular flexibility index (Phi) is 2.63. The molecule has 0 saturated carbocycles. The maximum atomic E-state index is 11.4. The Morgan fingerprint density at radius 3 is 2.94 bits per heavy atom. The molecule has 86 valence electrons. The van der Waals surface area contributed by atoms with Crippen molar-refractivity contribution in [1.29, 1.82) is 0 Å². The van der Waals surface area contributed by atoms with Gasteiger partial charge in [-0.25, -0.2) is 4.79 Å². The van der Waals surface area contributed by atoms with Gasteiger partial charge in [0, 0.05) is 12.3 Å². The van der Waals surface area contributed by atoms with Gasteiger partial charge in [-0.05, 0) is 6.07 Å². The summed E-state index contributed by atoms with van der Waals surface area (Å²) >= 11 is 0. The minimum Gasteiger partial charge on any atom is -0.510 e. The molecule has 0 radical (unpaired) electrons. The largest absolute Gasteiger partial charge is 0.510 e. The van der Waals surface area contributed by atoms with E-state index in [4.69, 9.17) is 15.6 Å². The molecule has 2 rings (SSSR count). The van der Waals surface area contributed by atoms with Crippen molar-refractivity contribution in [2.24, 2.45) is 0 Å². The van der Waals surface area contributed by atoms with Gasteiger partial charge in [0.15, 0.2) is 6.23 Å². The molecular formula is C9H11N3O4. The lowest BCUT2D eigenvalue weighted by Crippen LogP contribution is -2.28. The summed E-state index contributed by atoms with van der Waals surface area (Å²) in [6, 6.07) is 1.45. The number of hydrogen-bond donors (Lipinski definition) is 3. The van der Waals surface area contributed by atoms with Crippen molar-refractivity contribution >= 4 is 5.82 Å². The van der Waals surface area contributed by atoms with E-state index in [1.54, 1.807) is 0 Å². The predicted molar refractivity (Wildman–Crippen MR) is 54.6 cm³/mol. The van der Waals surface area contributed by atoms with Crippen LogP contribution in [0.1, 0.15) is 6.23 Å². The standard InChI is InChI=1S/C9H11N3O4/c10-7-1-2-12(9(15)11-7)8-3-5(14)6(4-13)16-8/h1-3,6,8,13-14H,4H2,(H2,10,11,15)/t6-,8-/m0/s1. The van der Waals surface area contributed by atoms with Gasteiger partial charge in [-0.3, -0.25) is 4.57 Å². The molecule has 0 saturated heterocycles. The fourth-order valence-electron chi connectivity index (χ4n) is 1.43. The third-order valence-electron chi connectivity index (χ3n) is 2.24. The Bertz CT molecular complexity index is 482. The van der Waals surface area contributed by atoms with Gasteiger partial charge in [0.1, 0.15) is 17.7 Å². The van der Waals surface area contributed by atoms with Crippen LogP contribution in [0.25, 0.3) is 0 Å². The summed E-state index contributed by atoms with van der Waals surface area (Å²) in [6.07, 6.45) is 1.19. The molecule has 0 aliphatic carbocycles. The van der Waals surface area contributed by atoms with Crippen molar-refractivity contribution in [3.8, 4) is 0 Å². The zero-order valence-electron chi connectivity index (χ0n) is 8.28. The third kappa shape index (κ3) is 1.77. The Morgan fingerprint density at radius 1 is 1.62 bits per heavy atom. The first kappa shape index (κ1) is 10.7. The molecule has 0 aromatic carbocycles. The lowest BCUT2D eigenvalue weighted by molar-refractivity contribution is -0.0249. The van der Waals surface area contributed by atoms with E-state index in [9.17, 15) is 9.90 Å². The van der Waals surface area contributed by atoms with Gasteiger partial charge in [0.25, 0.3) is 0 Å². The normalized spacial score (nSPS) is 24.4. The zero-order chi connectivity index (χ0) is 11.7. The Hall–Kier alpha value is -1.86. The van der Waals surface area contributed by atoms with Crippen LogP contribution >= 0.6 is 0 Å². The van der Waals surface area contributed by atoms with Crippen molar-refractivity contribution in [2.45, 2.75) is 12.3 Å². The molecule has 0 fully saturated rings. The lowest BCUT2D eigenvalue weighted by atomic mass is 10.3. The summed E-state index contributed by atoms with van der Waals surface area (Å²) in [5.41, 5.74) is 4.76. The first-order chi connectivity index (χ1) is 7.61.